The van der Waals surface area contributed by atoms with E-state index < -0.39 is 0 Å². The minimum atomic E-state index is 0.406. The highest BCUT2D eigenvalue weighted by molar-refractivity contribution is 6.13. The summed E-state index contributed by atoms with van der Waals surface area (Å²) in [6, 6.07) is 0. The number of aliphatic imine (C=N–C) groups is 1. The molecule has 0 aliphatic rings. The molecular weight excluding hydrogens is 208 g/mol. The molecule has 2 nitrogen and oxygen atoms in total. The molecule has 0 spiro atoms. The van der Waals surface area contributed by atoms with Gasteiger partial charge in [-0.2, -0.15) is 0 Å². The third-order valence-electron chi connectivity index (χ3n) is 2.00. The first-order valence-corrected chi connectivity index (χ1v) is 6.00. The molecule has 100 valence electrons. The van der Waals surface area contributed by atoms with Crippen LogP contribution < -0.4 is 5.73 Å². The van der Waals surface area contributed by atoms with E-state index in [4.69, 9.17) is 0 Å². The van der Waals surface area contributed by atoms with E-state index in [0.717, 1.165) is 22.4 Å². The van der Waals surface area contributed by atoms with E-state index in [9.17, 15) is 0 Å². The molecule has 0 atom stereocenters. The number of allylic oxidation sites excluding steroid dienone is 3. The highest BCUT2D eigenvalue weighted by Gasteiger charge is 2.10. The smallest absolute Gasteiger partial charge is 0.0663 e. The minimum absolute atomic E-state index is 0.406. The molecule has 0 bridgehead atoms. The van der Waals surface area contributed by atoms with Crippen molar-refractivity contribution in [1.82, 2.24) is 0 Å². The standard InChI is InChI=1S/C12H19N.C2H6.CH5N/c1-8(2)10(5)11(6)12(13-7)9(3)4;2*1-2/h8H,3,5-6H2,1-2,4,7H3;1-2H3;2H2,1H3. The Morgan fingerprint density at radius 2 is 1.41 bits per heavy atom. The zero-order valence-electron chi connectivity index (χ0n) is 12.7. The molecule has 0 unspecified atom stereocenters. The predicted octanol–water partition coefficient (Wildman–Crippen LogP) is 4.00. The van der Waals surface area contributed by atoms with Crippen LogP contribution in [0.4, 0.5) is 0 Å². The van der Waals surface area contributed by atoms with Gasteiger partial charge in [0.1, 0.15) is 0 Å². The molecule has 2 heteroatoms. The van der Waals surface area contributed by atoms with Crippen LogP contribution in [-0.4, -0.2) is 19.8 Å². The molecule has 0 aromatic rings. The zero-order chi connectivity index (χ0) is 14.6. The lowest BCUT2D eigenvalue weighted by molar-refractivity contribution is 0.790. The number of hydrogen-bond acceptors (Lipinski definition) is 2. The molecule has 0 heterocycles. The van der Waals surface area contributed by atoms with Crippen LogP contribution in [0.15, 0.2) is 41.4 Å². The van der Waals surface area contributed by atoms with E-state index in [0.29, 0.717) is 5.92 Å². The molecule has 0 aliphatic heterocycles. The van der Waals surface area contributed by atoms with Crippen molar-refractivity contribution in [1.29, 1.82) is 0 Å². The van der Waals surface area contributed by atoms with Crippen molar-refractivity contribution >= 4 is 5.71 Å². The maximum absolute atomic E-state index is 4.50. The van der Waals surface area contributed by atoms with Crippen LogP contribution in [0.1, 0.15) is 34.6 Å². The topological polar surface area (TPSA) is 38.4 Å². The number of nitrogens with zero attached hydrogens (tertiary/aromatic N) is 1. The molecule has 0 saturated heterocycles. The number of hydrogen-bond donors (Lipinski definition) is 1. The normalized spacial score (nSPS) is 9.59. The summed E-state index contributed by atoms with van der Waals surface area (Å²) < 4.78 is 0. The molecule has 0 saturated carbocycles. The Balaban J connectivity index is -0.000000439. The lowest BCUT2D eigenvalue weighted by Crippen LogP contribution is -2.08. The summed E-state index contributed by atoms with van der Waals surface area (Å²) in [6.07, 6.45) is 0. The third-order valence-corrected chi connectivity index (χ3v) is 2.00. The van der Waals surface area contributed by atoms with E-state index in [1.807, 2.05) is 20.8 Å². The molecular formula is C15H30N2. The van der Waals surface area contributed by atoms with Crippen molar-refractivity contribution in [3.63, 3.8) is 0 Å². The monoisotopic (exact) mass is 238 g/mol. The molecule has 0 fully saturated rings. The van der Waals surface area contributed by atoms with Gasteiger partial charge >= 0.3 is 0 Å². The van der Waals surface area contributed by atoms with Gasteiger partial charge in [-0.25, -0.2) is 0 Å². The fraction of sp³-hybridized carbons (Fsp3) is 0.533. The average Bonchev–Trinajstić information content (AvgIpc) is 2.33. The fourth-order valence-electron chi connectivity index (χ4n) is 1.08. The second-order valence-electron chi connectivity index (χ2n) is 3.51. The van der Waals surface area contributed by atoms with Gasteiger partial charge in [0.25, 0.3) is 0 Å². The summed E-state index contributed by atoms with van der Waals surface area (Å²) in [4.78, 5) is 4.15. The molecule has 2 N–H and O–H groups in total. The second kappa shape index (κ2) is 12.9. The van der Waals surface area contributed by atoms with Crippen LogP contribution in [0.2, 0.25) is 0 Å². The Hall–Kier alpha value is -1.15. The lowest BCUT2D eigenvalue weighted by atomic mass is 9.92. The highest BCUT2D eigenvalue weighted by atomic mass is 14.7. The van der Waals surface area contributed by atoms with Gasteiger partial charge in [0.2, 0.25) is 0 Å². The van der Waals surface area contributed by atoms with Crippen LogP contribution in [0.25, 0.3) is 0 Å². The molecule has 0 aromatic heterocycles. The third kappa shape index (κ3) is 8.64. The van der Waals surface area contributed by atoms with Crippen molar-refractivity contribution in [2.75, 3.05) is 14.1 Å². The molecule has 17 heavy (non-hydrogen) atoms. The van der Waals surface area contributed by atoms with Crippen LogP contribution in [-0.2, 0) is 0 Å². The van der Waals surface area contributed by atoms with Gasteiger partial charge in [-0.1, -0.05) is 47.4 Å². The van der Waals surface area contributed by atoms with E-state index in [-0.39, 0.29) is 0 Å². The lowest BCUT2D eigenvalue weighted by Gasteiger charge is -2.14. The van der Waals surface area contributed by atoms with Gasteiger partial charge in [-0.05, 0) is 36.6 Å². The van der Waals surface area contributed by atoms with E-state index in [1.165, 1.54) is 7.05 Å². The summed E-state index contributed by atoms with van der Waals surface area (Å²) in [6.45, 7) is 21.9. The maximum atomic E-state index is 4.50. The minimum Gasteiger partial charge on any atom is -0.333 e. The average molecular weight is 238 g/mol. The zero-order valence-corrected chi connectivity index (χ0v) is 12.7. The maximum Gasteiger partial charge on any atom is 0.0663 e. The van der Waals surface area contributed by atoms with Crippen molar-refractivity contribution in [3.05, 3.63) is 36.5 Å². The predicted molar refractivity (Wildman–Crippen MR) is 82.8 cm³/mol. The van der Waals surface area contributed by atoms with Gasteiger partial charge in [-0.15, -0.1) is 0 Å². The highest BCUT2D eigenvalue weighted by Crippen LogP contribution is 2.19. The Morgan fingerprint density at radius 1 is 1.06 bits per heavy atom. The van der Waals surface area contributed by atoms with Crippen LogP contribution >= 0.6 is 0 Å². The molecule has 0 aliphatic carbocycles. The Bertz CT molecular complexity index is 271. The van der Waals surface area contributed by atoms with Crippen LogP contribution in [0.3, 0.4) is 0 Å². The largest absolute Gasteiger partial charge is 0.333 e. The fourth-order valence-corrected chi connectivity index (χ4v) is 1.08. The van der Waals surface area contributed by atoms with E-state index >= 15 is 0 Å². The summed E-state index contributed by atoms with van der Waals surface area (Å²) in [5.41, 5.74) is 8.25. The van der Waals surface area contributed by atoms with Crippen molar-refractivity contribution in [2.45, 2.75) is 34.6 Å². The molecule has 0 aromatic carbocycles. The van der Waals surface area contributed by atoms with Crippen LogP contribution in [0.5, 0.6) is 0 Å². The SMILES string of the molecule is C=C(C)C(=NC)C(=C)C(=C)C(C)C.CC.CN. The first-order valence-electron chi connectivity index (χ1n) is 6.00. The van der Waals surface area contributed by atoms with Gasteiger partial charge in [0.15, 0.2) is 0 Å². The summed E-state index contributed by atoms with van der Waals surface area (Å²) >= 11 is 0. The van der Waals surface area contributed by atoms with Crippen molar-refractivity contribution in [2.24, 2.45) is 16.6 Å². The van der Waals surface area contributed by atoms with Gasteiger partial charge in [0, 0.05) is 7.05 Å². The second-order valence-corrected chi connectivity index (χ2v) is 3.51. The number of rotatable bonds is 4. The van der Waals surface area contributed by atoms with Gasteiger partial charge in [0.05, 0.1) is 5.71 Å². The molecule has 0 rings (SSSR count). The summed E-state index contributed by atoms with van der Waals surface area (Å²) in [7, 11) is 3.25. The molecule has 0 amide bonds. The Morgan fingerprint density at radius 3 is 1.59 bits per heavy atom. The first kappa shape index (κ1) is 21.2. The molecule has 0 radical (unpaired) electrons. The quantitative estimate of drug-likeness (QED) is 0.583. The van der Waals surface area contributed by atoms with Crippen molar-refractivity contribution < 1.29 is 0 Å². The first-order chi connectivity index (χ1) is 7.91. The van der Waals surface area contributed by atoms with Gasteiger partial charge in [-0.3, -0.25) is 4.99 Å². The van der Waals surface area contributed by atoms with Crippen molar-refractivity contribution in [3.8, 4) is 0 Å². The van der Waals surface area contributed by atoms with Gasteiger partial charge < -0.3 is 5.73 Å². The summed E-state index contributed by atoms with van der Waals surface area (Å²) in [5.74, 6) is 0.406. The Labute approximate surface area is 108 Å². The van der Waals surface area contributed by atoms with E-state index in [2.05, 4.69) is 44.3 Å². The summed E-state index contributed by atoms with van der Waals surface area (Å²) in [5, 5.41) is 0. The number of nitrogens with two attached hydrogens (primary N) is 1. The van der Waals surface area contributed by atoms with Crippen LogP contribution in [0, 0.1) is 5.92 Å². The van der Waals surface area contributed by atoms with E-state index in [1.54, 1.807) is 7.05 Å². The Kier molecular flexibility index (Phi) is 16.1.